The lowest BCUT2D eigenvalue weighted by Gasteiger charge is -2.24. The molecule has 0 fully saturated rings. The van der Waals surface area contributed by atoms with Crippen LogP contribution in [-0.4, -0.2) is 26.6 Å². The van der Waals surface area contributed by atoms with Crippen molar-refractivity contribution in [3.05, 3.63) is 77.9 Å². The molecule has 2 aromatic carbocycles. The van der Waals surface area contributed by atoms with E-state index >= 15 is 0 Å². The summed E-state index contributed by atoms with van der Waals surface area (Å²) in [6, 6.07) is 15.9. The fraction of sp³-hybridized carbons (Fsp3) is 0.273. The van der Waals surface area contributed by atoms with Gasteiger partial charge in [0.1, 0.15) is 12.7 Å². The first-order chi connectivity index (χ1) is 14.2. The van der Waals surface area contributed by atoms with Crippen molar-refractivity contribution < 1.29 is 9.59 Å². The molecule has 2 N–H and O–H groups in total. The molecule has 2 amide bonds. The number of carbonyl (C=O) groups is 2. The van der Waals surface area contributed by atoms with E-state index in [9.17, 15) is 9.59 Å². The van der Waals surface area contributed by atoms with E-state index < -0.39 is 0 Å². The molecule has 0 radical (unpaired) electrons. The van der Waals surface area contributed by atoms with Crippen molar-refractivity contribution in [1.82, 2.24) is 20.1 Å². The number of benzene rings is 2. The first kappa shape index (κ1) is 18.9. The van der Waals surface area contributed by atoms with Gasteiger partial charge in [0.2, 0.25) is 11.8 Å². The minimum absolute atomic E-state index is 0.000490. The van der Waals surface area contributed by atoms with E-state index in [1.807, 2.05) is 48.5 Å². The molecule has 1 atom stereocenters. The van der Waals surface area contributed by atoms with Crippen molar-refractivity contribution in [1.29, 1.82) is 0 Å². The third-order valence-corrected chi connectivity index (χ3v) is 5.16. The number of aromatic nitrogens is 3. The van der Waals surface area contributed by atoms with Crippen molar-refractivity contribution >= 4 is 17.5 Å². The molecule has 3 aromatic rings. The van der Waals surface area contributed by atoms with Crippen LogP contribution in [0.25, 0.3) is 0 Å². The summed E-state index contributed by atoms with van der Waals surface area (Å²) >= 11 is 0. The van der Waals surface area contributed by atoms with Gasteiger partial charge in [0, 0.05) is 24.6 Å². The summed E-state index contributed by atoms with van der Waals surface area (Å²) in [5.41, 5.74) is 4.16. The van der Waals surface area contributed by atoms with Crippen LogP contribution in [0.3, 0.4) is 0 Å². The minimum atomic E-state index is -0.160. The van der Waals surface area contributed by atoms with Crippen molar-refractivity contribution in [3.8, 4) is 0 Å². The van der Waals surface area contributed by atoms with E-state index in [-0.39, 0.29) is 17.7 Å². The number of amides is 2. The Morgan fingerprint density at radius 3 is 2.72 bits per heavy atom. The molecule has 1 aliphatic rings. The first-order valence-corrected chi connectivity index (χ1v) is 9.73. The second kappa shape index (κ2) is 8.68. The second-order valence-electron chi connectivity index (χ2n) is 7.27. The van der Waals surface area contributed by atoms with Crippen molar-refractivity contribution in [2.45, 2.75) is 32.4 Å². The zero-order valence-electron chi connectivity index (χ0n) is 16.0. The number of nitrogens with zero attached hydrogens (tertiary/aromatic N) is 3. The van der Waals surface area contributed by atoms with Gasteiger partial charge in [-0.2, -0.15) is 5.10 Å². The number of carbonyl (C=O) groups excluding carboxylic acids is 2. The van der Waals surface area contributed by atoms with Gasteiger partial charge in [-0.05, 0) is 35.6 Å². The number of rotatable bonds is 7. The molecule has 29 heavy (non-hydrogen) atoms. The summed E-state index contributed by atoms with van der Waals surface area (Å²) < 4.78 is 1.76. The minimum Gasteiger partial charge on any atom is -0.352 e. The second-order valence-corrected chi connectivity index (χ2v) is 7.27. The van der Waals surface area contributed by atoms with Crippen LogP contribution in [0.1, 0.15) is 29.5 Å². The van der Waals surface area contributed by atoms with Crippen molar-refractivity contribution in [3.63, 3.8) is 0 Å². The van der Waals surface area contributed by atoms with Crippen molar-refractivity contribution in [2.24, 2.45) is 5.92 Å². The highest BCUT2D eigenvalue weighted by Crippen LogP contribution is 2.27. The Bertz CT molecular complexity index is 983. The third kappa shape index (κ3) is 4.87. The Labute approximate surface area is 169 Å². The van der Waals surface area contributed by atoms with Gasteiger partial charge in [0.05, 0.1) is 6.54 Å². The average molecular weight is 389 g/mol. The molecule has 1 aliphatic heterocycles. The topological polar surface area (TPSA) is 88.9 Å². The van der Waals surface area contributed by atoms with Gasteiger partial charge in [-0.1, -0.05) is 42.5 Å². The zero-order chi connectivity index (χ0) is 20.1. The van der Waals surface area contributed by atoms with E-state index in [0.29, 0.717) is 32.4 Å². The normalized spacial score (nSPS) is 15.4. The average Bonchev–Trinajstić information content (AvgIpc) is 3.25. The van der Waals surface area contributed by atoms with Gasteiger partial charge in [0.25, 0.3) is 0 Å². The number of anilines is 1. The van der Waals surface area contributed by atoms with Crippen LogP contribution in [0.5, 0.6) is 0 Å². The van der Waals surface area contributed by atoms with Crippen LogP contribution in [-0.2, 0) is 29.1 Å². The number of fused-ring (bicyclic) bond motifs is 1. The maximum absolute atomic E-state index is 12.2. The fourth-order valence-corrected chi connectivity index (χ4v) is 3.50. The summed E-state index contributed by atoms with van der Waals surface area (Å²) in [4.78, 5) is 28.4. The Morgan fingerprint density at radius 1 is 1.14 bits per heavy atom. The van der Waals surface area contributed by atoms with Crippen LogP contribution >= 0.6 is 0 Å². The Balaban J connectivity index is 1.23. The highest BCUT2D eigenvalue weighted by molar-refractivity contribution is 5.96. The van der Waals surface area contributed by atoms with Crippen molar-refractivity contribution in [2.75, 3.05) is 5.32 Å². The van der Waals surface area contributed by atoms with Crippen LogP contribution < -0.4 is 10.6 Å². The molecule has 1 aromatic heterocycles. The highest BCUT2D eigenvalue weighted by atomic mass is 16.2. The molecule has 0 saturated carbocycles. The molecule has 2 heterocycles. The van der Waals surface area contributed by atoms with Gasteiger partial charge in [-0.3, -0.25) is 9.59 Å². The number of nitrogens with one attached hydrogen (secondary N) is 2. The van der Waals surface area contributed by atoms with Crippen LogP contribution in [0.15, 0.2) is 61.2 Å². The number of para-hydroxylation sites is 1. The van der Waals surface area contributed by atoms with E-state index in [1.165, 1.54) is 6.33 Å². The quantitative estimate of drug-likeness (QED) is 0.650. The smallest absolute Gasteiger partial charge is 0.227 e. The van der Waals surface area contributed by atoms with E-state index in [4.69, 9.17) is 0 Å². The zero-order valence-corrected chi connectivity index (χ0v) is 16.0. The van der Waals surface area contributed by atoms with Crippen LogP contribution in [0.2, 0.25) is 0 Å². The molecule has 148 valence electrons. The molecule has 0 spiro atoms. The summed E-state index contributed by atoms with van der Waals surface area (Å²) in [5.74, 6) is -0.199. The molecule has 7 nitrogen and oxygen atoms in total. The SMILES string of the molecule is O=C(CCC1Cc2ccccc2NC1=O)NCc1ccc(Cn2cncn2)cc1. The van der Waals surface area contributed by atoms with Crippen LogP contribution in [0.4, 0.5) is 5.69 Å². The highest BCUT2D eigenvalue weighted by Gasteiger charge is 2.26. The third-order valence-electron chi connectivity index (χ3n) is 5.16. The van der Waals surface area contributed by atoms with Gasteiger partial charge >= 0.3 is 0 Å². The maximum Gasteiger partial charge on any atom is 0.227 e. The molecular weight excluding hydrogens is 366 g/mol. The summed E-state index contributed by atoms with van der Waals surface area (Å²) in [6.07, 6.45) is 4.76. The molecule has 0 bridgehead atoms. The fourth-order valence-electron chi connectivity index (χ4n) is 3.50. The summed E-state index contributed by atoms with van der Waals surface area (Å²) in [7, 11) is 0. The van der Waals surface area contributed by atoms with Gasteiger partial charge in [-0.25, -0.2) is 9.67 Å². The molecule has 7 heteroatoms. The predicted molar refractivity (Wildman–Crippen MR) is 109 cm³/mol. The molecule has 0 saturated heterocycles. The molecule has 4 rings (SSSR count). The molecule has 1 unspecified atom stereocenters. The Kier molecular flexibility index (Phi) is 5.65. The maximum atomic E-state index is 12.2. The van der Waals surface area contributed by atoms with Gasteiger partial charge < -0.3 is 10.6 Å². The van der Waals surface area contributed by atoms with Gasteiger partial charge in [0.15, 0.2) is 0 Å². The molecule has 0 aliphatic carbocycles. The Morgan fingerprint density at radius 2 is 1.93 bits per heavy atom. The number of hydrogen-bond donors (Lipinski definition) is 2. The predicted octanol–water partition coefficient (Wildman–Crippen LogP) is 2.53. The standard InChI is InChI=1S/C22H23N5O2/c28-21(10-9-19-11-18-3-1-2-4-20(18)26-22(19)29)24-12-16-5-7-17(8-6-16)13-27-15-23-14-25-27/h1-8,14-15,19H,9-13H2,(H,24,28)(H,26,29). The van der Waals surface area contributed by atoms with E-state index in [1.54, 1.807) is 11.0 Å². The van der Waals surface area contributed by atoms with E-state index in [2.05, 4.69) is 20.7 Å². The first-order valence-electron chi connectivity index (χ1n) is 9.73. The van der Waals surface area contributed by atoms with Gasteiger partial charge in [-0.15, -0.1) is 0 Å². The molecular formula is C22H23N5O2. The van der Waals surface area contributed by atoms with E-state index in [0.717, 1.165) is 22.4 Å². The Hall–Kier alpha value is -3.48. The largest absolute Gasteiger partial charge is 0.352 e. The number of hydrogen-bond acceptors (Lipinski definition) is 4. The lowest BCUT2D eigenvalue weighted by Crippen LogP contribution is -2.31. The summed E-state index contributed by atoms with van der Waals surface area (Å²) in [5, 5.41) is 9.96. The lowest BCUT2D eigenvalue weighted by molar-refractivity contribution is -0.122. The van der Waals surface area contributed by atoms with Crippen LogP contribution in [0, 0.1) is 5.92 Å². The summed E-state index contributed by atoms with van der Waals surface area (Å²) in [6.45, 7) is 1.14. The lowest BCUT2D eigenvalue weighted by atomic mass is 9.89. The monoisotopic (exact) mass is 389 g/mol.